The van der Waals surface area contributed by atoms with Crippen LogP contribution < -0.4 is 0 Å². The molecule has 0 spiro atoms. The minimum absolute atomic E-state index is 0.405. The third-order valence-corrected chi connectivity index (χ3v) is 1.46. The van der Waals surface area contributed by atoms with E-state index < -0.39 is 0 Å². The zero-order valence-corrected chi connectivity index (χ0v) is 5.63. The van der Waals surface area contributed by atoms with Gasteiger partial charge in [0.05, 0.1) is 6.33 Å². The molecule has 0 aliphatic rings. The Kier molecular flexibility index (Phi) is 1.07. The second kappa shape index (κ2) is 1.91. The molecule has 10 heavy (non-hydrogen) atoms. The van der Waals surface area contributed by atoms with Crippen LogP contribution in [0.25, 0.3) is 11.2 Å². The summed E-state index contributed by atoms with van der Waals surface area (Å²) in [6, 6.07) is 0. The lowest BCUT2D eigenvalue weighted by Gasteiger charge is -1.86. The fourth-order valence-electron chi connectivity index (χ4n) is 0.736. The minimum Gasteiger partial charge on any atom is -0.341 e. The fraction of sp³-hybridized carbons (Fsp3) is 0. The van der Waals surface area contributed by atoms with Crippen LogP contribution in [0.1, 0.15) is 0 Å². The highest BCUT2D eigenvalue weighted by Crippen LogP contribution is 2.13. The van der Waals surface area contributed by atoms with Gasteiger partial charge in [-0.1, -0.05) is 11.6 Å². The summed E-state index contributed by atoms with van der Waals surface area (Å²) in [7, 11) is 0. The molecule has 2 aromatic rings. The van der Waals surface area contributed by atoms with Crippen molar-refractivity contribution in [2.45, 2.75) is 0 Å². The lowest BCUT2D eigenvalue weighted by Crippen LogP contribution is -1.80. The van der Waals surface area contributed by atoms with Gasteiger partial charge in [-0.15, -0.1) is 0 Å². The van der Waals surface area contributed by atoms with Crippen molar-refractivity contribution >= 4 is 22.8 Å². The summed E-state index contributed by atoms with van der Waals surface area (Å²) in [4.78, 5) is 14.3. The Morgan fingerprint density at radius 1 is 1.30 bits per heavy atom. The Hall–Kier alpha value is -1.16. The van der Waals surface area contributed by atoms with Gasteiger partial charge in [0.1, 0.15) is 11.8 Å². The number of imidazole rings is 1. The van der Waals surface area contributed by atoms with Crippen LogP contribution in [0, 0.1) is 0 Å². The average molecular weight is 158 g/mol. The molecule has 0 unspecified atom stereocenters. The standard InChI is InChI=1S/C5H3ClN4/c6-4-3-5(9-1-7-3)10-2-8-4/h1-2H,(H,7,8,9,10)/i1+1,5+1,7+1. The molecule has 0 fully saturated rings. The van der Waals surface area contributed by atoms with Crippen LogP contribution in [0.4, 0.5) is 0 Å². The number of rotatable bonds is 0. The fourth-order valence-corrected chi connectivity index (χ4v) is 0.918. The molecule has 0 aliphatic carbocycles. The molecule has 0 saturated heterocycles. The normalized spacial score (nSPS) is 10.5. The van der Waals surface area contributed by atoms with E-state index in [1.165, 1.54) is 12.7 Å². The van der Waals surface area contributed by atoms with Crippen molar-refractivity contribution in [1.29, 1.82) is 0 Å². The predicted molar refractivity (Wildman–Crippen MR) is 36.7 cm³/mol. The van der Waals surface area contributed by atoms with Gasteiger partial charge >= 0.3 is 0 Å². The van der Waals surface area contributed by atoms with Crippen molar-refractivity contribution in [2.24, 2.45) is 0 Å². The van der Waals surface area contributed by atoms with Crippen molar-refractivity contribution < 1.29 is 0 Å². The Morgan fingerprint density at radius 2 is 2.20 bits per heavy atom. The molecule has 0 bridgehead atoms. The quantitative estimate of drug-likeness (QED) is 0.581. The van der Waals surface area contributed by atoms with Crippen LogP contribution in [-0.4, -0.2) is 19.9 Å². The molecule has 0 atom stereocenters. The molecule has 50 valence electrons. The Bertz CT molecular complexity index is 355. The average Bonchev–Trinajstić information content (AvgIpc) is 2.36. The van der Waals surface area contributed by atoms with Crippen molar-refractivity contribution in [1.82, 2.24) is 19.9 Å². The van der Waals surface area contributed by atoms with Crippen molar-refractivity contribution in [2.75, 3.05) is 0 Å². The van der Waals surface area contributed by atoms with E-state index in [9.17, 15) is 0 Å². The van der Waals surface area contributed by atoms with Gasteiger partial charge in [-0.2, -0.15) is 0 Å². The van der Waals surface area contributed by atoms with E-state index in [0.29, 0.717) is 16.3 Å². The molecule has 5 heteroatoms. The van der Waals surface area contributed by atoms with Gasteiger partial charge in [0.25, 0.3) is 0 Å². The van der Waals surface area contributed by atoms with Gasteiger partial charge in [0.15, 0.2) is 10.8 Å². The van der Waals surface area contributed by atoms with E-state index in [-0.39, 0.29) is 0 Å². The smallest absolute Gasteiger partial charge is 0.182 e. The summed E-state index contributed by atoms with van der Waals surface area (Å²) in [6.45, 7) is 0. The molecule has 4 nitrogen and oxygen atoms in total. The molecule has 2 aromatic heterocycles. The number of nitrogens with zero attached hydrogens (tertiary/aromatic N) is 3. The zero-order chi connectivity index (χ0) is 6.97. The third kappa shape index (κ3) is 0.657. The van der Waals surface area contributed by atoms with Gasteiger partial charge in [0.2, 0.25) is 0 Å². The molecule has 2 heterocycles. The van der Waals surface area contributed by atoms with Crippen LogP contribution in [0.15, 0.2) is 12.7 Å². The monoisotopic (exact) mass is 157 g/mol. The third-order valence-electron chi connectivity index (χ3n) is 1.18. The van der Waals surface area contributed by atoms with Gasteiger partial charge in [-0.3, -0.25) is 0 Å². The first-order chi connectivity index (χ1) is 4.88. The molecule has 0 aromatic carbocycles. The van der Waals surface area contributed by atoms with Crippen LogP contribution in [0.5, 0.6) is 0 Å². The Morgan fingerprint density at radius 3 is 3.00 bits per heavy atom. The maximum absolute atomic E-state index is 5.68. The molecule has 0 aliphatic heterocycles. The highest BCUT2D eigenvalue weighted by molar-refractivity contribution is 6.33. The summed E-state index contributed by atoms with van der Waals surface area (Å²) in [5, 5.41) is 0.405. The molecule has 0 radical (unpaired) electrons. The van der Waals surface area contributed by atoms with Crippen LogP contribution in [0.3, 0.4) is 0 Å². The number of aromatic nitrogens is 4. The lowest BCUT2D eigenvalue weighted by atomic mass is 10.8. The molecule has 2 rings (SSSR count). The highest BCUT2D eigenvalue weighted by atomic mass is 35.5. The first-order valence-electron chi connectivity index (χ1n) is 2.67. The lowest BCUT2D eigenvalue weighted by molar-refractivity contribution is 1.20. The highest BCUT2D eigenvalue weighted by Gasteiger charge is 2.00. The van der Waals surface area contributed by atoms with Crippen molar-refractivity contribution in [3.05, 3.63) is 17.8 Å². The largest absolute Gasteiger partial charge is 0.341 e. The number of hydrogen-bond acceptors (Lipinski definition) is 3. The van der Waals surface area contributed by atoms with Gasteiger partial charge in [0, 0.05) is 0 Å². The predicted octanol–water partition coefficient (Wildman–Crippen LogP) is 1.01. The second-order valence-corrected chi connectivity index (χ2v) is 2.12. The number of nitrogens with one attached hydrogen (secondary N) is 1. The number of fused-ring (bicyclic) bond motifs is 1. The maximum atomic E-state index is 5.68. The van der Waals surface area contributed by atoms with Crippen molar-refractivity contribution in [3.63, 3.8) is 0 Å². The summed E-state index contributed by atoms with van der Waals surface area (Å²) in [5.41, 5.74) is 1.28. The van der Waals surface area contributed by atoms with E-state index in [1.54, 1.807) is 0 Å². The SMILES string of the molecule is Clc1ncn[13c]2n[13cH][15nH]c12. The van der Waals surface area contributed by atoms with E-state index in [0.717, 1.165) is 0 Å². The topological polar surface area (TPSA) is 54.5 Å². The number of halogens is 1. The zero-order valence-electron chi connectivity index (χ0n) is 4.87. The number of hydrogen-bond donors (Lipinski definition) is 1. The Balaban J connectivity index is 2.95. The van der Waals surface area contributed by atoms with Gasteiger partial charge in [-0.05, 0) is 0 Å². The van der Waals surface area contributed by atoms with E-state index in [2.05, 4.69) is 19.9 Å². The summed E-state index contributed by atoms with van der Waals surface area (Å²) < 4.78 is 0. The molecular weight excluding hydrogens is 155 g/mol. The van der Waals surface area contributed by atoms with Gasteiger partial charge < -0.3 is 4.98 Å². The summed E-state index contributed by atoms with van der Waals surface area (Å²) in [5.74, 6) is 0. The van der Waals surface area contributed by atoms with E-state index in [1.807, 2.05) is 0 Å². The summed E-state index contributed by atoms with van der Waals surface area (Å²) >= 11 is 5.68. The van der Waals surface area contributed by atoms with Crippen LogP contribution >= 0.6 is 11.6 Å². The molecule has 1 N–H and O–H groups in total. The molecule has 0 amide bonds. The number of aromatic amines is 1. The minimum atomic E-state index is 0.405. The number of H-pyrrole nitrogens is 1. The Labute approximate surface area is 61.3 Å². The molecule has 0 saturated carbocycles. The summed E-state index contributed by atoms with van der Waals surface area (Å²) in [6.07, 6.45) is 2.91. The van der Waals surface area contributed by atoms with E-state index in [4.69, 9.17) is 11.6 Å². The second-order valence-electron chi connectivity index (χ2n) is 1.77. The first-order valence-corrected chi connectivity index (χ1v) is 3.05. The van der Waals surface area contributed by atoms with Crippen LogP contribution in [-0.2, 0) is 0 Å². The van der Waals surface area contributed by atoms with Gasteiger partial charge in [-0.25, -0.2) is 15.0 Å². The maximum Gasteiger partial charge on any atom is 0.182 e. The molecular formula is C5H3ClN4. The first kappa shape index (κ1) is 5.61. The van der Waals surface area contributed by atoms with E-state index >= 15 is 0 Å². The van der Waals surface area contributed by atoms with Crippen molar-refractivity contribution in [3.8, 4) is 0 Å². The van der Waals surface area contributed by atoms with Crippen LogP contribution in [0.2, 0.25) is 5.15 Å².